The first-order valence-electron chi connectivity index (χ1n) is 11.5. The summed E-state index contributed by atoms with van der Waals surface area (Å²) in [7, 11) is 4.06. The highest BCUT2D eigenvalue weighted by Crippen LogP contribution is 2.40. The van der Waals surface area contributed by atoms with Crippen LogP contribution >= 0.6 is 0 Å². The Hall–Kier alpha value is -4.10. The molecule has 2 heterocycles. The molecule has 2 aliphatic heterocycles. The summed E-state index contributed by atoms with van der Waals surface area (Å²) in [5.41, 5.74) is 5.80. The number of nitrogens with zero attached hydrogens (tertiary/aromatic N) is 1. The van der Waals surface area contributed by atoms with Crippen molar-refractivity contribution in [2.24, 2.45) is 0 Å². The van der Waals surface area contributed by atoms with Gasteiger partial charge in [-0.1, -0.05) is 12.1 Å². The molecule has 0 fully saturated rings. The van der Waals surface area contributed by atoms with Crippen LogP contribution < -0.4 is 20.1 Å². The molecule has 178 valence electrons. The van der Waals surface area contributed by atoms with Gasteiger partial charge in [0.15, 0.2) is 17.3 Å². The van der Waals surface area contributed by atoms with Gasteiger partial charge >= 0.3 is 0 Å². The van der Waals surface area contributed by atoms with Crippen molar-refractivity contribution in [2.75, 3.05) is 37.9 Å². The number of hydrogen-bond acceptors (Lipinski definition) is 6. The van der Waals surface area contributed by atoms with Crippen molar-refractivity contribution in [1.29, 1.82) is 0 Å². The molecule has 7 heteroatoms. The van der Waals surface area contributed by atoms with Crippen LogP contribution in [0.1, 0.15) is 34.0 Å². The molecule has 3 aromatic rings. The molecule has 0 bridgehead atoms. The van der Waals surface area contributed by atoms with Gasteiger partial charge < -0.3 is 25.0 Å². The maximum absolute atomic E-state index is 13.2. The second kappa shape index (κ2) is 9.27. The minimum absolute atomic E-state index is 0.0585. The molecule has 0 saturated carbocycles. The molecule has 2 aliphatic rings. The quantitative estimate of drug-likeness (QED) is 0.404. The number of hydrogen-bond donors (Lipinski definition) is 2. The molecule has 0 radical (unpaired) electrons. The van der Waals surface area contributed by atoms with E-state index in [9.17, 15) is 9.59 Å². The van der Waals surface area contributed by atoms with Crippen molar-refractivity contribution in [1.82, 2.24) is 4.90 Å². The van der Waals surface area contributed by atoms with Crippen molar-refractivity contribution in [3.63, 3.8) is 0 Å². The van der Waals surface area contributed by atoms with E-state index in [0.29, 0.717) is 52.8 Å². The van der Waals surface area contributed by atoms with Gasteiger partial charge in [0, 0.05) is 34.6 Å². The summed E-state index contributed by atoms with van der Waals surface area (Å²) in [5, 5.41) is 6.40. The standard InChI is InChI=1S/C28H27N3O4/c1-17(32)19-6-10-23-22(14-19)26(28(33)30-23)27(20-7-11-24-25(15-20)35-13-12-34-24)29-21-8-4-18(5-9-21)16-31(2)3/h4-11,14-15,29H,12-13,16H2,1-3H3,(H,30,33). The monoisotopic (exact) mass is 469 g/mol. The number of ether oxygens (including phenoxy) is 2. The molecule has 35 heavy (non-hydrogen) atoms. The number of fused-ring (bicyclic) bond motifs is 2. The van der Waals surface area contributed by atoms with Gasteiger partial charge in [0.25, 0.3) is 5.91 Å². The van der Waals surface area contributed by atoms with Crippen molar-refractivity contribution in [3.8, 4) is 11.5 Å². The zero-order valence-electron chi connectivity index (χ0n) is 20.0. The first-order valence-corrected chi connectivity index (χ1v) is 11.5. The highest BCUT2D eigenvalue weighted by Gasteiger charge is 2.29. The van der Waals surface area contributed by atoms with E-state index in [-0.39, 0.29) is 11.7 Å². The molecule has 7 nitrogen and oxygen atoms in total. The Kier molecular flexibility index (Phi) is 6.01. The van der Waals surface area contributed by atoms with Crippen LogP contribution in [0.3, 0.4) is 0 Å². The number of carbonyl (C=O) groups excluding carboxylic acids is 2. The summed E-state index contributed by atoms with van der Waals surface area (Å²) >= 11 is 0. The summed E-state index contributed by atoms with van der Waals surface area (Å²) in [6, 6.07) is 19.0. The molecule has 2 N–H and O–H groups in total. The molecular formula is C28H27N3O4. The summed E-state index contributed by atoms with van der Waals surface area (Å²) in [6.07, 6.45) is 0. The second-order valence-electron chi connectivity index (χ2n) is 8.94. The predicted molar refractivity (Wildman–Crippen MR) is 137 cm³/mol. The Balaban J connectivity index is 1.64. The maximum atomic E-state index is 13.2. The molecule has 1 amide bonds. The van der Waals surface area contributed by atoms with Gasteiger partial charge in [0.05, 0.1) is 11.3 Å². The summed E-state index contributed by atoms with van der Waals surface area (Å²) < 4.78 is 11.5. The van der Waals surface area contributed by atoms with Crippen LogP contribution in [0.15, 0.2) is 60.7 Å². The molecule has 0 saturated heterocycles. The van der Waals surface area contributed by atoms with Gasteiger partial charge in [-0.05, 0) is 75.1 Å². The van der Waals surface area contributed by atoms with Crippen LogP contribution in [0, 0.1) is 0 Å². The normalized spacial score (nSPS) is 15.5. The van der Waals surface area contributed by atoms with Gasteiger partial charge in [0.2, 0.25) is 0 Å². The fourth-order valence-electron chi connectivity index (χ4n) is 4.32. The summed E-state index contributed by atoms with van der Waals surface area (Å²) in [5.74, 6) is 1.01. The molecule has 3 aromatic carbocycles. The van der Waals surface area contributed by atoms with E-state index in [4.69, 9.17) is 9.47 Å². The van der Waals surface area contributed by atoms with Gasteiger partial charge in [0.1, 0.15) is 13.2 Å². The number of carbonyl (C=O) groups is 2. The zero-order chi connectivity index (χ0) is 24.5. The predicted octanol–water partition coefficient (Wildman–Crippen LogP) is 4.65. The van der Waals surface area contributed by atoms with Gasteiger partial charge in [-0.3, -0.25) is 9.59 Å². The molecule has 0 atom stereocenters. The van der Waals surface area contributed by atoms with Crippen molar-refractivity contribution < 1.29 is 19.1 Å². The van der Waals surface area contributed by atoms with Crippen molar-refractivity contribution in [2.45, 2.75) is 13.5 Å². The Morgan fingerprint density at radius 1 is 0.943 bits per heavy atom. The van der Waals surface area contributed by atoms with Crippen molar-refractivity contribution in [3.05, 3.63) is 82.9 Å². The van der Waals surface area contributed by atoms with Gasteiger partial charge in [-0.2, -0.15) is 0 Å². The van der Waals surface area contributed by atoms with E-state index in [1.54, 1.807) is 18.2 Å². The highest BCUT2D eigenvalue weighted by molar-refractivity contribution is 6.37. The van der Waals surface area contributed by atoms with Crippen LogP contribution in [0.2, 0.25) is 0 Å². The minimum atomic E-state index is -0.234. The van der Waals surface area contributed by atoms with Gasteiger partial charge in [-0.25, -0.2) is 0 Å². The molecule has 0 aliphatic carbocycles. The molecule has 5 rings (SSSR count). The Labute approximate surface area is 204 Å². The van der Waals surface area contributed by atoms with E-state index < -0.39 is 0 Å². The fourth-order valence-corrected chi connectivity index (χ4v) is 4.32. The molecular weight excluding hydrogens is 442 g/mol. The number of ketones is 1. The lowest BCUT2D eigenvalue weighted by molar-refractivity contribution is -0.110. The van der Waals surface area contributed by atoms with E-state index >= 15 is 0 Å². The van der Waals surface area contributed by atoms with Crippen LogP contribution in [-0.4, -0.2) is 43.9 Å². The first kappa shape index (κ1) is 22.7. The third kappa shape index (κ3) is 4.63. The fraction of sp³-hybridized carbons (Fsp3) is 0.214. The number of rotatable bonds is 6. The number of nitrogens with one attached hydrogen (secondary N) is 2. The van der Waals surface area contributed by atoms with E-state index in [1.165, 1.54) is 12.5 Å². The SMILES string of the molecule is CC(=O)c1ccc2c(c1)C(=C(Nc1ccc(CN(C)C)cc1)c1ccc3c(c1)OCCO3)C(=O)N2. The van der Waals surface area contributed by atoms with Crippen LogP contribution in [0.4, 0.5) is 11.4 Å². The smallest absolute Gasteiger partial charge is 0.258 e. The van der Waals surface area contributed by atoms with Crippen LogP contribution in [0.25, 0.3) is 11.3 Å². The number of anilines is 2. The number of amides is 1. The van der Waals surface area contributed by atoms with Gasteiger partial charge in [-0.15, -0.1) is 0 Å². The number of benzene rings is 3. The average Bonchev–Trinajstić information content (AvgIpc) is 3.17. The minimum Gasteiger partial charge on any atom is -0.486 e. The third-order valence-electron chi connectivity index (χ3n) is 5.97. The lowest BCUT2D eigenvalue weighted by Crippen LogP contribution is -2.16. The zero-order valence-corrected chi connectivity index (χ0v) is 20.0. The van der Waals surface area contributed by atoms with Crippen molar-refractivity contribution >= 4 is 34.3 Å². The Morgan fingerprint density at radius 2 is 1.66 bits per heavy atom. The van der Waals surface area contributed by atoms with Crippen LogP contribution in [-0.2, 0) is 11.3 Å². The lowest BCUT2D eigenvalue weighted by atomic mass is 9.97. The summed E-state index contributed by atoms with van der Waals surface area (Å²) in [4.78, 5) is 27.4. The van der Waals surface area contributed by atoms with E-state index in [2.05, 4.69) is 27.7 Å². The molecule has 0 unspecified atom stereocenters. The van der Waals surface area contributed by atoms with E-state index in [0.717, 1.165) is 17.8 Å². The Morgan fingerprint density at radius 3 is 2.37 bits per heavy atom. The molecule has 0 aromatic heterocycles. The van der Waals surface area contributed by atoms with Crippen LogP contribution in [0.5, 0.6) is 11.5 Å². The first-order chi connectivity index (χ1) is 16.9. The topological polar surface area (TPSA) is 79.9 Å². The highest BCUT2D eigenvalue weighted by atomic mass is 16.6. The Bertz CT molecular complexity index is 1340. The lowest BCUT2D eigenvalue weighted by Gasteiger charge is -2.21. The largest absolute Gasteiger partial charge is 0.486 e. The third-order valence-corrected chi connectivity index (χ3v) is 5.97. The maximum Gasteiger partial charge on any atom is 0.258 e. The van der Waals surface area contributed by atoms with E-state index in [1.807, 2.05) is 44.4 Å². The summed E-state index contributed by atoms with van der Waals surface area (Å²) in [6.45, 7) is 3.32. The second-order valence-corrected chi connectivity index (χ2v) is 8.94. The average molecular weight is 470 g/mol. The number of Topliss-reactive ketones (excluding diaryl/α,β-unsaturated/α-hetero) is 1. The molecule has 0 spiro atoms.